The number of benzene rings is 1. The van der Waals surface area contributed by atoms with Crippen molar-refractivity contribution in [3.63, 3.8) is 0 Å². The summed E-state index contributed by atoms with van der Waals surface area (Å²) in [5.41, 5.74) is 0.278. The summed E-state index contributed by atoms with van der Waals surface area (Å²) in [6.07, 6.45) is 0. The average molecular weight is 193 g/mol. The minimum absolute atomic E-state index is 0.0940. The Bertz CT molecular complexity index is 409. The Hall–Kier alpha value is -1.89. The summed E-state index contributed by atoms with van der Waals surface area (Å²) in [6, 6.07) is 5.54. The number of nitrogens with zero attached hydrogens (tertiary/aromatic N) is 1. The van der Waals surface area contributed by atoms with Crippen LogP contribution < -0.4 is 0 Å². The molecular formula is C10H8FNO2. The fourth-order valence-corrected chi connectivity index (χ4v) is 1.08. The molecule has 0 heterocycles. The van der Waals surface area contributed by atoms with Crippen molar-refractivity contribution in [1.29, 1.82) is 5.26 Å². The van der Waals surface area contributed by atoms with Crippen LogP contribution in [0, 0.1) is 17.1 Å². The molecule has 1 rings (SSSR count). The Balaban J connectivity index is 3.13. The van der Waals surface area contributed by atoms with Gasteiger partial charge in [0.1, 0.15) is 5.82 Å². The third-order valence-corrected chi connectivity index (χ3v) is 1.97. The van der Waals surface area contributed by atoms with Gasteiger partial charge >= 0.3 is 5.97 Å². The molecule has 0 saturated heterocycles. The highest BCUT2D eigenvalue weighted by Crippen LogP contribution is 2.19. The summed E-state index contributed by atoms with van der Waals surface area (Å²) in [6.45, 7) is 1.40. The molecule has 0 fully saturated rings. The summed E-state index contributed by atoms with van der Waals surface area (Å²) < 4.78 is 13.2. The standard InChI is InChI=1S/C10H8FNO2/c1-6(10(13)14)8-3-2-7(5-12)4-9(8)11/h2-4,6H,1H3,(H,13,14). The number of aliphatic carboxylic acids is 1. The highest BCUT2D eigenvalue weighted by molar-refractivity contribution is 5.75. The van der Waals surface area contributed by atoms with E-state index in [9.17, 15) is 9.18 Å². The van der Waals surface area contributed by atoms with Gasteiger partial charge in [0.2, 0.25) is 0 Å². The van der Waals surface area contributed by atoms with E-state index in [1.807, 2.05) is 0 Å². The number of halogens is 1. The van der Waals surface area contributed by atoms with Crippen LogP contribution >= 0.6 is 0 Å². The number of carboxylic acids is 1. The van der Waals surface area contributed by atoms with Gasteiger partial charge in [-0.25, -0.2) is 4.39 Å². The predicted molar refractivity (Wildman–Crippen MR) is 47.2 cm³/mol. The van der Waals surface area contributed by atoms with Crippen LogP contribution in [0.15, 0.2) is 18.2 Å². The summed E-state index contributed by atoms with van der Waals surface area (Å²) in [5, 5.41) is 17.1. The maximum absolute atomic E-state index is 13.2. The van der Waals surface area contributed by atoms with Gasteiger partial charge < -0.3 is 5.11 Å². The zero-order valence-corrected chi connectivity index (χ0v) is 7.49. The molecule has 0 aliphatic rings. The van der Waals surface area contributed by atoms with E-state index in [0.29, 0.717) is 0 Å². The summed E-state index contributed by atoms with van der Waals surface area (Å²) >= 11 is 0. The maximum atomic E-state index is 13.2. The van der Waals surface area contributed by atoms with Crippen LogP contribution in [0.5, 0.6) is 0 Å². The van der Waals surface area contributed by atoms with Crippen LogP contribution in [0.4, 0.5) is 4.39 Å². The topological polar surface area (TPSA) is 61.1 Å². The van der Waals surface area contributed by atoms with Crippen molar-refractivity contribution >= 4 is 5.97 Å². The molecule has 1 N–H and O–H groups in total. The Labute approximate surface area is 80.4 Å². The molecule has 1 atom stereocenters. The Morgan fingerprint density at radius 3 is 2.71 bits per heavy atom. The lowest BCUT2D eigenvalue weighted by molar-refractivity contribution is -0.138. The van der Waals surface area contributed by atoms with Gasteiger partial charge in [0.25, 0.3) is 0 Å². The number of carbonyl (C=O) groups is 1. The van der Waals surface area contributed by atoms with Gasteiger partial charge in [0.05, 0.1) is 17.6 Å². The molecule has 1 unspecified atom stereocenters. The third-order valence-electron chi connectivity index (χ3n) is 1.97. The molecule has 3 nitrogen and oxygen atoms in total. The van der Waals surface area contributed by atoms with E-state index < -0.39 is 17.7 Å². The lowest BCUT2D eigenvalue weighted by atomic mass is 9.99. The molecule has 1 aromatic rings. The lowest BCUT2D eigenvalue weighted by Crippen LogP contribution is -2.09. The van der Waals surface area contributed by atoms with Gasteiger partial charge in [-0.1, -0.05) is 6.07 Å². The quantitative estimate of drug-likeness (QED) is 0.780. The van der Waals surface area contributed by atoms with Crippen molar-refractivity contribution in [1.82, 2.24) is 0 Å². The second-order valence-corrected chi connectivity index (χ2v) is 2.91. The van der Waals surface area contributed by atoms with E-state index in [0.717, 1.165) is 6.07 Å². The fraction of sp³-hybridized carbons (Fsp3) is 0.200. The third kappa shape index (κ3) is 1.88. The Morgan fingerprint density at radius 1 is 1.64 bits per heavy atom. The Kier molecular flexibility index (Phi) is 2.82. The van der Waals surface area contributed by atoms with Crippen LogP contribution in [-0.4, -0.2) is 11.1 Å². The first kappa shape index (κ1) is 10.2. The largest absolute Gasteiger partial charge is 0.481 e. The van der Waals surface area contributed by atoms with Crippen molar-refractivity contribution < 1.29 is 14.3 Å². The first-order valence-electron chi connectivity index (χ1n) is 3.98. The predicted octanol–water partition coefficient (Wildman–Crippen LogP) is 1.89. The number of hydrogen-bond acceptors (Lipinski definition) is 2. The van der Waals surface area contributed by atoms with E-state index in [1.54, 1.807) is 6.07 Å². The summed E-state index contributed by atoms with van der Waals surface area (Å²) in [4.78, 5) is 10.6. The van der Waals surface area contributed by atoms with Crippen LogP contribution in [0.25, 0.3) is 0 Å². The summed E-state index contributed by atoms with van der Waals surface area (Å²) in [5.74, 6) is -2.64. The molecule has 1 aromatic carbocycles. The van der Waals surface area contributed by atoms with E-state index in [4.69, 9.17) is 10.4 Å². The van der Waals surface area contributed by atoms with Gasteiger partial charge in [-0.3, -0.25) is 4.79 Å². The fourth-order valence-electron chi connectivity index (χ4n) is 1.08. The zero-order chi connectivity index (χ0) is 10.7. The van der Waals surface area contributed by atoms with Gasteiger partial charge in [-0.15, -0.1) is 0 Å². The number of carboxylic acid groups (broad SMARTS) is 1. The number of hydrogen-bond donors (Lipinski definition) is 1. The van der Waals surface area contributed by atoms with Crippen LogP contribution in [0.1, 0.15) is 24.0 Å². The maximum Gasteiger partial charge on any atom is 0.310 e. The second kappa shape index (κ2) is 3.88. The molecule has 0 bridgehead atoms. The van der Waals surface area contributed by atoms with E-state index in [-0.39, 0.29) is 11.1 Å². The molecule has 72 valence electrons. The SMILES string of the molecule is CC(C(=O)O)c1ccc(C#N)cc1F. The van der Waals surface area contributed by atoms with Crippen LogP contribution in [0.2, 0.25) is 0 Å². The lowest BCUT2D eigenvalue weighted by Gasteiger charge is -2.07. The van der Waals surface area contributed by atoms with Gasteiger partial charge in [0, 0.05) is 5.56 Å². The average Bonchev–Trinajstić information content (AvgIpc) is 2.16. The molecule has 4 heteroatoms. The van der Waals surface area contributed by atoms with Crippen molar-refractivity contribution in [3.8, 4) is 6.07 Å². The smallest absolute Gasteiger partial charge is 0.310 e. The van der Waals surface area contributed by atoms with Gasteiger partial charge in [-0.2, -0.15) is 5.26 Å². The molecule has 0 amide bonds. The zero-order valence-electron chi connectivity index (χ0n) is 7.49. The van der Waals surface area contributed by atoms with E-state index in [2.05, 4.69) is 0 Å². The van der Waals surface area contributed by atoms with Crippen molar-refractivity contribution in [3.05, 3.63) is 35.1 Å². The molecule has 0 radical (unpaired) electrons. The van der Waals surface area contributed by atoms with Gasteiger partial charge in [-0.05, 0) is 19.1 Å². The van der Waals surface area contributed by atoms with Gasteiger partial charge in [0.15, 0.2) is 0 Å². The molecule has 0 aliphatic carbocycles. The number of nitriles is 1. The normalized spacial score (nSPS) is 11.8. The van der Waals surface area contributed by atoms with Crippen LogP contribution in [0.3, 0.4) is 0 Å². The summed E-state index contributed by atoms with van der Waals surface area (Å²) in [7, 11) is 0. The second-order valence-electron chi connectivity index (χ2n) is 2.91. The Morgan fingerprint density at radius 2 is 2.29 bits per heavy atom. The molecule has 0 saturated carbocycles. The van der Waals surface area contributed by atoms with Crippen LogP contribution in [-0.2, 0) is 4.79 Å². The van der Waals surface area contributed by atoms with E-state index in [1.165, 1.54) is 19.1 Å². The highest BCUT2D eigenvalue weighted by Gasteiger charge is 2.17. The molecule has 0 aromatic heterocycles. The van der Waals surface area contributed by atoms with Crippen molar-refractivity contribution in [2.75, 3.05) is 0 Å². The molecule has 0 spiro atoms. The minimum Gasteiger partial charge on any atom is -0.481 e. The van der Waals surface area contributed by atoms with E-state index >= 15 is 0 Å². The minimum atomic E-state index is -1.09. The molecule has 14 heavy (non-hydrogen) atoms. The molecular weight excluding hydrogens is 185 g/mol. The monoisotopic (exact) mass is 193 g/mol. The first-order valence-corrected chi connectivity index (χ1v) is 3.98. The first-order chi connectivity index (χ1) is 6.56. The number of rotatable bonds is 2. The highest BCUT2D eigenvalue weighted by atomic mass is 19.1. The van der Waals surface area contributed by atoms with Crippen molar-refractivity contribution in [2.45, 2.75) is 12.8 Å². The van der Waals surface area contributed by atoms with Crippen molar-refractivity contribution in [2.24, 2.45) is 0 Å². The molecule has 0 aliphatic heterocycles.